The van der Waals surface area contributed by atoms with Crippen LogP contribution in [0.2, 0.25) is 0 Å². The Bertz CT molecular complexity index is 1070. The third kappa shape index (κ3) is 4.69. The van der Waals surface area contributed by atoms with E-state index < -0.39 is 23.6 Å². The van der Waals surface area contributed by atoms with Crippen molar-refractivity contribution in [2.24, 2.45) is 11.8 Å². The fraction of sp³-hybridized carbons (Fsp3) is 0.333. The van der Waals surface area contributed by atoms with Gasteiger partial charge in [-0.3, -0.25) is 14.5 Å². The van der Waals surface area contributed by atoms with Gasteiger partial charge in [-0.25, -0.2) is 24.3 Å². The van der Waals surface area contributed by atoms with Crippen LogP contribution in [-0.4, -0.2) is 67.7 Å². The molecule has 0 amide bonds. The first-order chi connectivity index (χ1) is 16.0. The van der Waals surface area contributed by atoms with Crippen LogP contribution in [0.4, 0.5) is 4.39 Å². The highest BCUT2D eigenvalue weighted by molar-refractivity contribution is 5.99. The summed E-state index contributed by atoms with van der Waals surface area (Å²) in [6, 6.07) is 7.92. The van der Waals surface area contributed by atoms with Gasteiger partial charge in [0.05, 0.1) is 6.61 Å². The third-order valence-corrected chi connectivity index (χ3v) is 6.11. The molecule has 8 nitrogen and oxygen atoms in total. The van der Waals surface area contributed by atoms with E-state index >= 15 is 0 Å². The van der Waals surface area contributed by atoms with E-state index in [0.717, 1.165) is 0 Å². The highest BCUT2D eigenvalue weighted by atomic mass is 19.1. The van der Waals surface area contributed by atoms with Gasteiger partial charge in [0, 0.05) is 62.2 Å². The highest BCUT2D eigenvalue weighted by Gasteiger charge is 2.46. The average molecular weight is 449 g/mol. The maximum absolute atomic E-state index is 14.6. The van der Waals surface area contributed by atoms with Gasteiger partial charge in [0.2, 0.25) is 11.6 Å². The summed E-state index contributed by atoms with van der Waals surface area (Å²) in [6.07, 6.45) is 5.93. The number of nitrogens with zero attached hydrogens (tertiary/aromatic N) is 5. The lowest BCUT2D eigenvalue weighted by molar-refractivity contribution is 0.0517. The predicted octanol–water partition coefficient (Wildman–Crippen LogP) is 2.10. The van der Waals surface area contributed by atoms with Crippen LogP contribution >= 0.6 is 0 Å². The van der Waals surface area contributed by atoms with Gasteiger partial charge in [0.15, 0.2) is 11.6 Å². The Balaban J connectivity index is 1.85. The number of halogens is 1. The molecule has 2 unspecified atom stereocenters. The van der Waals surface area contributed by atoms with Crippen LogP contribution in [0.25, 0.3) is 0 Å². The summed E-state index contributed by atoms with van der Waals surface area (Å²) >= 11 is 0. The van der Waals surface area contributed by atoms with Crippen LogP contribution in [-0.2, 0) is 0 Å². The van der Waals surface area contributed by atoms with Gasteiger partial charge in [-0.2, -0.15) is 0 Å². The fourth-order valence-electron chi connectivity index (χ4n) is 4.56. The zero-order valence-electron chi connectivity index (χ0n) is 18.1. The van der Waals surface area contributed by atoms with Gasteiger partial charge in [-0.15, -0.1) is 0 Å². The van der Waals surface area contributed by atoms with E-state index in [9.17, 15) is 19.1 Å². The number of aliphatic hydroxyl groups excluding tert-OH is 1. The molecule has 33 heavy (non-hydrogen) atoms. The number of carbonyl (C=O) groups is 2. The van der Waals surface area contributed by atoms with Gasteiger partial charge >= 0.3 is 0 Å². The van der Waals surface area contributed by atoms with Crippen molar-refractivity contribution < 1.29 is 19.1 Å². The number of piperidine rings is 1. The highest BCUT2D eigenvalue weighted by Crippen LogP contribution is 2.41. The Morgan fingerprint density at radius 2 is 1.45 bits per heavy atom. The van der Waals surface area contributed by atoms with Crippen molar-refractivity contribution in [3.63, 3.8) is 0 Å². The Morgan fingerprint density at radius 3 is 1.94 bits per heavy atom. The minimum atomic E-state index is -0.731. The molecule has 9 heteroatoms. The van der Waals surface area contributed by atoms with Gasteiger partial charge in [-0.05, 0) is 36.2 Å². The van der Waals surface area contributed by atoms with Crippen LogP contribution in [0.1, 0.15) is 38.3 Å². The molecule has 170 valence electrons. The Hall–Kier alpha value is -3.43. The van der Waals surface area contributed by atoms with Crippen LogP contribution in [0.15, 0.2) is 55.1 Å². The minimum Gasteiger partial charge on any atom is -0.395 e. The summed E-state index contributed by atoms with van der Waals surface area (Å²) in [6.45, 7) is 2.35. The number of carbonyl (C=O) groups excluding carboxylic acids is 2. The van der Waals surface area contributed by atoms with Crippen molar-refractivity contribution >= 4 is 11.6 Å². The molecular formula is C24H24FN5O3. The van der Waals surface area contributed by atoms with E-state index in [1.165, 1.54) is 30.9 Å². The van der Waals surface area contributed by atoms with Crippen LogP contribution in [0.3, 0.4) is 0 Å². The first-order valence-corrected chi connectivity index (χ1v) is 10.7. The number of benzene rings is 1. The molecule has 0 spiro atoms. The van der Waals surface area contributed by atoms with Gasteiger partial charge in [0.1, 0.15) is 5.82 Å². The maximum atomic E-state index is 14.6. The van der Waals surface area contributed by atoms with E-state index in [-0.39, 0.29) is 49.5 Å². The number of hydrogen-bond acceptors (Lipinski definition) is 8. The molecule has 3 atom stereocenters. The second-order valence-electron chi connectivity index (χ2n) is 8.05. The molecule has 1 fully saturated rings. The molecule has 0 bridgehead atoms. The first kappa shape index (κ1) is 22.8. The van der Waals surface area contributed by atoms with Crippen molar-refractivity contribution in [2.75, 3.05) is 26.2 Å². The number of hydrogen-bond donors (Lipinski definition) is 1. The van der Waals surface area contributed by atoms with Crippen molar-refractivity contribution in [3.05, 3.63) is 83.7 Å². The molecule has 1 saturated heterocycles. The molecule has 3 aromatic rings. The summed E-state index contributed by atoms with van der Waals surface area (Å²) in [5, 5.41) is 9.56. The number of ketones is 2. The fourth-order valence-corrected chi connectivity index (χ4v) is 4.56. The van der Waals surface area contributed by atoms with Gasteiger partial charge in [0.25, 0.3) is 0 Å². The SMILES string of the molecule is Cc1c(F)cccc1C1C(C(=O)c2ncccn2)CN(CCO)C[C@@H]1C(=O)c1ncccn1. The van der Waals surface area contributed by atoms with E-state index in [4.69, 9.17) is 0 Å². The van der Waals surface area contributed by atoms with E-state index in [0.29, 0.717) is 11.1 Å². The summed E-state index contributed by atoms with van der Waals surface area (Å²) in [4.78, 5) is 45.5. The number of aliphatic hydroxyl groups is 1. The smallest absolute Gasteiger partial charge is 0.205 e. The zero-order chi connectivity index (χ0) is 23.4. The van der Waals surface area contributed by atoms with Gasteiger partial charge in [-0.1, -0.05) is 12.1 Å². The summed E-state index contributed by atoms with van der Waals surface area (Å²) in [5.41, 5.74) is 0.971. The lowest BCUT2D eigenvalue weighted by Gasteiger charge is -2.42. The lowest BCUT2D eigenvalue weighted by Crippen LogP contribution is -2.51. The second-order valence-corrected chi connectivity index (χ2v) is 8.05. The second kappa shape index (κ2) is 10.0. The van der Waals surface area contributed by atoms with Gasteiger partial charge < -0.3 is 5.11 Å². The lowest BCUT2D eigenvalue weighted by atomic mass is 9.69. The van der Waals surface area contributed by atoms with Crippen molar-refractivity contribution in [1.82, 2.24) is 24.8 Å². The predicted molar refractivity (Wildman–Crippen MR) is 117 cm³/mol. The van der Waals surface area contributed by atoms with Crippen LogP contribution < -0.4 is 0 Å². The quantitative estimate of drug-likeness (QED) is 0.546. The summed E-state index contributed by atoms with van der Waals surface area (Å²) < 4.78 is 14.6. The zero-order valence-corrected chi connectivity index (χ0v) is 18.1. The number of Topliss-reactive ketones (excluding diaryl/α,β-unsaturated/α-hetero) is 2. The average Bonchev–Trinajstić information content (AvgIpc) is 2.86. The molecule has 1 N–H and O–H groups in total. The third-order valence-electron chi connectivity index (χ3n) is 6.11. The molecular weight excluding hydrogens is 425 g/mol. The number of β-amino-alcohol motifs (C(OH)–C–C–N with tert-alkyl or cyclic N) is 1. The topological polar surface area (TPSA) is 109 Å². The first-order valence-electron chi connectivity index (χ1n) is 10.7. The van der Waals surface area contributed by atoms with Crippen molar-refractivity contribution in [2.45, 2.75) is 12.8 Å². The molecule has 3 heterocycles. The standard InChI is InChI=1S/C24H24FN5O3/c1-15-16(5-2-6-19(15)25)20-17(21(32)23-26-7-3-8-27-23)13-30(11-12-31)14-18(20)22(33)24-28-9-4-10-29-24/h2-10,17-18,20,31H,11-14H2,1H3/t17-,18?,20?/m0/s1. The minimum absolute atomic E-state index is 0.0366. The monoisotopic (exact) mass is 449 g/mol. The molecule has 0 saturated carbocycles. The number of rotatable bonds is 7. The summed E-state index contributed by atoms with van der Waals surface area (Å²) in [7, 11) is 0. The Morgan fingerprint density at radius 1 is 0.939 bits per heavy atom. The van der Waals surface area contributed by atoms with Crippen molar-refractivity contribution in [3.8, 4) is 0 Å². The number of likely N-dealkylation sites (tertiary alicyclic amines) is 1. The van der Waals surface area contributed by atoms with Crippen LogP contribution in [0.5, 0.6) is 0 Å². The van der Waals surface area contributed by atoms with E-state index in [1.54, 1.807) is 31.2 Å². The molecule has 4 rings (SSSR count). The largest absolute Gasteiger partial charge is 0.395 e. The van der Waals surface area contributed by atoms with E-state index in [2.05, 4.69) is 19.9 Å². The number of aromatic nitrogens is 4. The normalized spacial score (nSPS) is 21.0. The van der Waals surface area contributed by atoms with Crippen LogP contribution in [0, 0.1) is 24.6 Å². The van der Waals surface area contributed by atoms with E-state index in [1.807, 2.05) is 4.90 Å². The Labute approximate surface area is 190 Å². The molecule has 1 aliphatic heterocycles. The van der Waals surface area contributed by atoms with Crippen molar-refractivity contribution in [1.29, 1.82) is 0 Å². The molecule has 0 radical (unpaired) electrons. The molecule has 1 aliphatic rings. The molecule has 1 aromatic carbocycles. The molecule has 2 aromatic heterocycles. The maximum Gasteiger partial charge on any atom is 0.205 e. The summed E-state index contributed by atoms with van der Waals surface area (Å²) in [5.74, 6) is -3.10. The molecule has 0 aliphatic carbocycles. The Kier molecular flexibility index (Phi) is 6.90.